The lowest BCUT2D eigenvalue weighted by atomic mass is 10.0. The van der Waals surface area contributed by atoms with Gasteiger partial charge in [0.05, 0.1) is 6.33 Å². The third kappa shape index (κ3) is 4.40. The number of benzene rings is 2. The van der Waals surface area contributed by atoms with Crippen LogP contribution in [0.5, 0.6) is 5.75 Å². The zero-order chi connectivity index (χ0) is 16.7. The van der Waals surface area contributed by atoms with Crippen LogP contribution in [-0.2, 0) is 0 Å². The maximum absolute atomic E-state index is 12.4. The molecular weight excluding hydrogens is 295 g/mol. The lowest BCUT2D eigenvalue weighted by Gasteiger charge is -2.08. The van der Waals surface area contributed by atoms with Gasteiger partial charge in [0.1, 0.15) is 12.4 Å². The monoisotopic (exact) mass is 314 g/mol. The molecule has 2 aromatic carbocycles. The predicted molar refractivity (Wildman–Crippen MR) is 89.0 cm³/mol. The Balaban J connectivity index is 2.06. The first-order chi connectivity index (χ1) is 11.2. The van der Waals surface area contributed by atoms with Crippen LogP contribution in [0.2, 0.25) is 0 Å². The highest BCUT2D eigenvalue weighted by molar-refractivity contribution is 5.94. The molecule has 0 bridgehead atoms. The van der Waals surface area contributed by atoms with E-state index in [-0.39, 0.29) is 19.1 Å². The molecule has 120 valence electrons. The second kappa shape index (κ2) is 8.10. The zero-order valence-electron chi connectivity index (χ0n) is 12.9. The van der Waals surface area contributed by atoms with Crippen molar-refractivity contribution in [2.75, 3.05) is 20.2 Å². The Kier molecular flexibility index (Phi) is 5.88. The van der Waals surface area contributed by atoms with Crippen LogP contribution in [0.4, 0.5) is 4.39 Å². The van der Waals surface area contributed by atoms with E-state index in [1.807, 2.05) is 36.4 Å². The summed E-state index contributed by atoms with van der Waals surface area (Å²) in [6, 6.07) is 14.8. The summed E-state index contributed by atoms with van der Waals surface area (Å²) >= 11 is 0. The van der Waals surface area contributed by atoms with Crippen molar-refractivity contribution in [3.8, 4) is 16.9 Å². The minimum absolute atomic E-state index is 0.114. The molecule has 3 N–H and O–H groups in total. The first kappa shape index (κ1) is 16.7. The van der Waals surface area contributed by atoms with Gasteiger partial charge in [0, 0.05) is 24.7 Å². The quantitative estimate of drug-likeness (QED) is 0.861. The Morgan fingerprint density at radius 2 is 1.70 bits per heavy atom. The minimum Gasteiger partial charge on any atom is -0.489 e. The molecule has 0 saturated heterocycles. The van der Waals surface area contributed by atoms with Crippen molar-refractivity contribution in [3.63, 3.8) is 0 Å². The molecule has 23 heavy (non-hydrogen) atoms. The van der Waals surface area contributed by atoms with E-state index in [2.05, 4.69) is 5.32 Å². The van der Waals surface area contributed by atoms with Crippen LogP contribution in [0, 0.1) is 0 Å². The van der Waals surface area contributed by atoms with Crippen LogP contribution in [-0.4, -0.2) is 26.1 Å². The van der Waals surface area contributed by atoms with Crippen LogP contribution in [0.1, 0.15) is 10.4 Å². The Morgan fingerprint density at radius 3 is 2.17 bits per heavy atom. The Bertz CT molecular complexity index is 679. The maximum atomic E-state index is 12.4. The molecule has 0 aliphatic heterocycles. The number of carbonyl (C=O) groups is 1. The highest BCUT2D eigenvalue weighted by Gasteiger charge is 2.04. The summed E-state index contributed by atoms with van der Waals surface area (Å²) in [5.74, 6) is 0.528. The van der Waals surface area contributed by atoms with Gasteiger partial charge >= 0.3 is 0 Å². The van der Waals surface area contributed by atoms with Gasteiger partial charge in [0.25, 0.3) is 5.91 Å². The predicted octanol–water partition coefficient (Wildman–Crippen LogP) is 2.90. The van der Waals surface area contributed by atoms with E-state index < -0.39 is 0 Å². The van der Waals surface area contributed by atoms with Gasteiger partial charge in [0.2, 0.25) is 0 Å². The molecule has 0 aliphatic rings. The van der Waals surface area contributed by atoms with E-state index in [0.717, 1.165) is 11.1 Å². The lowest BCUT2D eigenvalue weighted by molar-refractivity contribution is 0.0963. The highest BCUT2D eigenvalue weighted by atomic mass is 19.1. The lowest BCUT2D eigenvalue weighted by Crippen LogP contribution is -2.17. The summed E-state index contributed by atoms with van der Waals surface area (Å²) in [6.45, 7) is 0.263. The van der Waals surface area contributed by atoms with Crippen molar-refractivity contribution in [2.24, 2.45) is 5.73 Å². The number of hydrogen-bond donors (Lipinski definition) is 2. The molecule has 0 atom stereocenters. The normalized spacial score (nSPS) is 11.2. The zero-order valence-corrected chi connectivity index (χ0v) is 12.9. The molecule has 0 spiro atoms. The summed E-state index contributed by atoms with van der Waals surface area (Å²) in [7, 11) is 1.60. The number of hydrogen-bond acceptors (Lipinski definition) is 3. The van der Waals surface area contributed by atoms with Gasteiger partial charge in [-0.15, -0.1) is 0 Å². The van der Waals surface area contributed by atoms with Gasteiger partial charge in [-0.2, -0.15) is 0 Å². The number of halogens is 1. The largest absolute Gasteiger partial charge is 0.489 e. The molecule has 0 aliphatic carbocycles. The summed E-state index contributed by atoms with van der Waals surface area (Å²) in [4.78, 5) is 11.5. The van der Waals surface area contributed by atoms with Crippen LogP contribution in [0.25, 0.3) is 11.1 Å². The molecule has 1 amide bonds. The fourth-order valence-electron chi connectivity index (χ4n) is 2.01. The first-order valence-corrected chi connectivity index (χ1v) is 7.21. The molecule has 0 aromatic heterocycles. The third-order valence-electron chi connectivity index (χ3n) is 3.40. The number of carbonyl (C=O) groups excluding carboxylic acids is 1. The van der Waals surface area contributed by atoms with Crippen LogP contribution in [0.15, 0.2) is 60.4 Å². The standard InChI is InChI=1S/C18H19FN2O2/c1-21-18(22)16-4-2-14(3-5-16)15-6-8-17(9-7-15)23-12-13(10-19)11-20/h2-10H,11-12,20H2,1H3,(H,21,22)/b13-10+. The summed E-state index contributed by atoms with van der Waals surface area (Å²) in [6.07, 6.45) is 0.475. The molecule has 0 fully saturated rings. The van der Waals surface area contributed by atoms with Gasteiger partial charge in [-0.1, -0.05) is 24.3 Å². The van der Waals surface area contributed by atoms with E-state index in [1.54, 1.807) is 19.2 Å². The fraction of sp³-hybridized carbons (Fsp3) is 0.167. The molecule has 4 nitrogen and oxygen atoms in total. The van der Waals surface area contributed by atoms with Gasteiger partial charge in [-0.25, -0.2) is 4.39 Å². The highest BCUT2D eigenvalue weighted by Crippen LogP contribution is 2.23. The van der Waals surface area contributed by atoms with Crippen molar-refractivity contribution in [1.29, 1.82) is 0 Å². The van der Waals surface area contributed by atoms with Gasteiger partial charge in [0.15, 0.2) is 0 Å². The number of rotatable bonds is 6. The maximum Gasteiger partial charge on any atom is 0.251 e. The van der Waals surface area contributed by atoms with Gasteiger partial charge < -0.3 is 15.8 Å². The molecule has 0 saturated carbocycles. The third-order valence-corrected chi connectivity index (χ3v) is 3.40. The van der Waals surface area contributed by atoms with E-state index in [1.165, 1.54) is 0 Å². The van der Waals surface area contributed by atoms with Crippen molar-refractivity contribution < 1.29 is 13.9 Å². The molecule has 5 heteroatoms. The Morgan fingerprint density at radius 1 is 1.13 bits per heavy atom. The SMILES string of the molecule is CNC(=O)c1ccc(-c2ccc(OC/C(=C/F)CN)cc2)cc1. The average molecular weight is 314 g/mol. The van der Waals surface area contributed by atoms with Gasteiger partial charge in [-0.3, -0.25) is 4.79 Å². The van der Waals surface area contributed by atoms with E-state index in [9.17, 15) is 9.18 Å². The van der Waals surface area contributed by atoms with E-state index >= 15 is 0 Å². The van der Waals surface area contributed by atoms with Crippen LogP contribution >= 0.6 is 0 Å². The summed E-state index contributed by atoms with van der Waals surface area (Å²) < 4.78 is 17.9. The van der Waals surface area contributed by atoms with Crippen molar-refractivity contribution in [3.05, 3.63) is 66.0 Å². The molecule has 0 unspecified atom stereocenters. The van der Waals surface area contributed by atoms with Crippen LogP contribution in [0.3, 0.4) is 0 Å². The molecule has 2 rings (SSSR count). The summed E-state index contributed by atoms with van der Waals surface area (Å²) in [5, 5.41) is 2.59. The number of nitrogens with one attached hydrogen (secondary N) is 1. The molecule has 0 heterocycles. The van der Waals surface area contributed by atoms with Crippen molar-refractivity contribution in [1.82, 2.24) is 5.32 Å². The molecule has 0 radical (unpaired) electrons. The topological polar surface area (TPSA) is 64.3 Å². The van der Waals surface area contributed by atoms with Crippen molar-refractivity contribution >= 4 is 5.91 Å². The summed E-state index contributed by atoms with van der Waals surface area (Å²) in [5.41, 5.74) is 8.39. The number of amides is 1. The molecule has 2 aromatic rings. The van der Waals surface area contributed by atoms with E-state index in [4.69, 9.17) is 10.5 Å². The number of nitrogens with two attached hydrogens (primary N) is 1. The Labute approximate surface area is 134 Å². The van der Waals surface area contributed by atoms with E-state index in [0.29, 0.717) is 23.2 Å². The number of ether oxygens (including phenoxy) is 1. The van der Waals surface area contributed by atoms with Crippen molar-refractivity contribution in [2.45, 2.75) is 0 Å². The fourth-order valence-corrected chi connectivity index (χ4v) is 2.01. The average Bonchev–Trinajstić information content (AvgIpc) is 2.62. The second-order valence-corrected chi connectivity index (χ2v) is 4.94. The van der Waals surface area contributed by atoms with Gasteiger partial charge in [-0.05, 0) is 35.4 Å². The minimum atomic E-state index is -0.114. The first-order valence-electron chi connectivity index (χ1n) is 7.21. The van der Waals surface area contributed by atoms with Crippen LogP contribution < -0.4 is 15.8 Å². The second-order valence-electron chi connectivity index (χ2n) is 4.94. The Hall–Kier alpha value is -2.66. The molecular formula is C18H19FN2O2. The smallest absolute Gasteiger partial charge is 0.251 e.